The molecule has 2 aromatic carbocycles. The van der Waals surface area contributed by atoms with Crippen LogP contribution in [-0.4, -0.2) is 35.0 Å². The summed E-state index contributed by atoms with van der Waals surface area (Å²) in [6.07, 6.45) is 5.44. The van der Waals surface area contributed by atoms with Crippen LogP contribution in [0.5, 0.6) is 0 Å². The van der Waals surface area contributed by atoms with Crippen LogP contribution < -0.4 is 5.32 Å². The van der Waals surface area contributed by atoms with Crippen LogP contribution in [0.15, 0.2) is 54.7 Å². The van der Waals surface area contributed by atoms with Crippen molar-refractivity contribution in [3.63, 3.8) is 0 Å². The molecule has 0 amide bonds. The molecule has 0 saturated carbocycles. The summed E-state index contributed by atoms with van der Waals surface area (Å²) in [5.74, 6) is 0.697. The molecule has 2 heterocycles. The highest BCUT2D eigenvalue weighted by atomic mass is 15.1. The number of fused-ring (bicyclic) bond motifs is 4. The first-order chi connectivity index (χ1) is 14.2. The first-order valence-electron chi connectivity index (χ1n) is 10.6. The van der Waals surface area contributed by atoms with Gasteiger partial charge in [-0.25, -0.2) is 9.97 Å². The second kappa shape index (κ2) is 7.27. The first-order valence-corrected chi connectivity index (χ1v) is 10.6. The summed E-state index contributed by atoms with van der Waals surface area (Å²) in [7, 11) is 1.88. The van der Waals surface area contributed by atoms with Crippen molar-refractivity contribution in [3.8, 4) is 11.3 Å². The molecule has 148 valence electrons. The number of nitrogens with zero attached hydrogens (tertiary/aromatic N) is 3. The number of nitrogens with one attached hydrogen (secondary N) is 1. The van der Waals surface area contributed by atoms with Crippen LogP contribution in [0, 0.1) is 6.92 Å². The maximum Gasteiger partial charge on any atom is 0.222 e. The summed E-state index contributed by atoms with van der Waals surface area (Å²) in [6, 6.07) is 17.8. The van der Waals surface area contributed by atoms with Crippen molar-refractivity contribution in [2.45, 2.75) is 38.1 Å². The van der Waals surface area contributed by atoms with E-state index in [0.717, 1.165) is 31.7 Å². The number of aromatic nitrogens is 2. The van der Waals surface area contributed by atoms with E-state index in [2.05, 4.69) is 70.7 Å². The maximum absolute atomic E-state index is 4.80. The molecule has 29 heavy (non-hydrogen) atoms. The quantitative estimate of drug-likeness (QED) is 0.717. The molecule has 1 fully saturated rings. The molecule has 0 radical (unpaired) electrons. The fourth-order valence-corrected chi connectivity index (χ4v) is 5.16. The molecule has 0 atom stereocenters. The normalized spacial score (nSPS) is 17.6. The predicted octanol–water partition coefficient (Wildman–Crippen LogP) is 4.58. The van der Waals surface area contributed by atoms with Crippen molar-refractivity contribution in [3.05, 3.63) is 77.0 Å². The molecule has 1 spiro atoms. The predicted molar refractivity (Wildman–Crippen MR) is 118 cm³/mol. The molecule has 0 bridgehead atoms. The summed E-state index contributed by atoms with van der Waals surface area (Å²) >= 11 is 0. The van der Waals surface area contributed by atoms with E-state index >= 15 is 0 Å². The number of rotatable bonds is 3. The average Bonchev–Trinajstić information content (AvgIpc) is 2.76. The third-order valence-electron chi connectivity index (χ3n) is 6.67. The first kappa shape index (κ1) is 18.3. The van der Waals surface area contributed by atoms with Crippen LogP contribution in [0.4, 0.5) is 5.95 Å². The minimum atomic E-state index is 0.206. The van der Waals surface area contributed by atoms with Crippen molar-refractivity contribution < 1.29 is 0 Å². The zero-order chi connectivity index (χ0) is 19.8. The number of aryl methyl sites for hydroxylation is 1. The Morgan fingerprint density at radius 3 is 2.69 bits per heavy atom. The second-order valence-corrected chi connectivity index (χ2v) is 8.59. The summed E-state index contributed by atoms with van der Waals surface area (Å²) in [6.45, 7) is 5.48. The molecule has 4 heteroatoms. The van der Waals surface area contributed by atoms with Crippen LogP contribution in [0.3, 0.4) is 0 Å². The van der Waals surface area contributed by atoms with Crippen molar-refractivity contribution in [1.82, 2.24) is 14.9 Å². The SMILES string of the molecule is CNc1ncc2c(n1)-c1ccccc1C1(CCN(Cc3cccc(C)c3)CC1)C2. The third-order valence-corrected chi connectivity index (χ3v) is 6.67. The minimum absolute atomic E-state index is 0.206. The van der Waals surface area contributed by atoms with E-state index in [1.165, 1.54) is 40.7 Å². The van der Waals surface area contributed by atoms with Gasteiger partial charge in [-0.2, -0.15) is 0 Å². The summed E-state index contributed by atoms with van der Waals surface area (Å²) in [4.78, 5) is 11.9. The lowest BCUT2D eigenvalue weighted by molar-refractivity contribution is 0.150. The largest absolute Gasteiger partial charge is 0.357 e. The Kier molecular flexibility index (Phi) is 4.59. The topological polar surface area (TPSA) is 41.1 Å². The lowest BCUT2D eigenvalue weighted by Gasteiger charge is -2.45. The van der Waals surface area contributed by atoms with E-state index in [0.29, 0.717) is 5.95 Å². The van der Waals surface area contributed by atoms with Crippen LogP contribution in [0.25, 0.3) is 11.3 Å². The van der Waals surface area contributed by atoms with Crippen molar-refractivity contribution >= 4 is 5.95 Å². The molecule has 1 N–H and O–H groups in total. The van der Waals surface area contributed by atoms with Crippen LogP contribution >= 0.6 is 0 Å². The smallest absolute Gasteiger partial charge is 0.222 e. The van der Waals surface area contributed by atoms with Crippen LogP contribution in [-0.2, 0) is 18.4 Å². The van der Waals surface area contributed by atoms with Gasteiger partial charge < -0.3 is 5.32 Å². The van der Waals surface area contributed by atoms with Gasteiger partial charge >= 0.3 is 0 Å². The fraction of sp³-hybridized carbons (Fsp3) is 0.360. The third kappa shape index (κ3) is 3.32. The molecule has 5 rings (SSSR count). The molecule has 1 saturated heterocycles. The van der Waals surface area contributed by atoms with E-state index in [1.807, 2.05) is 13.2 Å². The number of hydrogen-bond donors (Lipinski definition) is 1. The Balaban J connectivity index is 1.42. The number of likely N-dealkylation sites (tertiary alicyclic amines) is 1. The monoisotopic (exact) mass is 384 g/mol. The highest BCUT2D eigenvalue weighted by molar-refractivity contribution is 5.72. The van der Waals surface area contributed by atoms with Gasteiger partial charge in [0, 0.05) is 30.8 Å². The zero-order valence-corrected chi connectivity index (χ0v) is 17.3. The zero-order valence-electron chi connectivity index (χ0n) is 17.3. The van der Waals surface area contributed by atoms with E-state index in [-0.39, 0.29) is 5.41 Å². The molecule has 2 aliphatic rings. The van der Waals surface area contributed by atoms with Crippen molar-refractivity contribution in [2.24, 2.45) is 0 Å². The molecule has 4 nitrogen and oxygen atoms in total. The standard InChI is InChI=1S/C25H28N4/c1-18-6-5-7-19(14-18)17-29-12-10-25(11-13-29)15-20-16-27-24(26-2)28-23(20)21-8-3-4-9-22(21)25/h3-9,14,16H,10-13,15,17H2,1-2H3,(H,26,27,28). The lowest BCUT2D eigenvalue weighted by Crippen LogP contribution is -2.45. The van der Waals surface area contributed by atoms with Crippen molar-refractivity contribution in [1.29, 1.82) is 0 Å². The van der Waals surface area contributed by atoms with Gasteiger partial charge in [0.1, 0.15) is 0 Å². The summed E-state index contributed by atoms with van der Waals surface area (Å²) in [5.41, 5.74) is 8.13. The lowest BCUT2D eigenvalue weighted by atomic mass is 9.64. The van der Waals surface area contributed by atoms with Gasteiger partial charge in [0.15, 0.2) is 0 Å². The number of benzene rings is 2. The van der Waals surface area contributed by atoms with E-state index in [1.54, 1.807) is 0 Å². The van der Waals surface area contributed by atoms with Gasteiger partial charge in [-0.15, -0.1) is 0 Å². The number of piperidine rings is 1. The highest BCUT2D eigenvalue weighted by Crippen LogP contribution is 2.48. The van der Waals surface area contributed by atoms with Crippen molar-refractivity contribution in [2.75, 3.05) is 25.5 Å². The second-order valence-electron chi connectivity index (χ2n) is 8.59. The molecule has 1 aromatic heterocycles. The van der Waals surface area contributed by atoms with Gasteiger partial charge in [0.05, 0.1) is 5.69 Å². The maximum atomic E-state index is 4.80. The van der Waals surface area contributed by atoms with Gasteiger partial charge in [0.2, 0.25) is 5.95 Å². The number of hydrogen-bond acceptors (Lipinski definition) is 4. The number of anilines is 1. The van der Waals surface area contributed by atoms with Gasteiger partial charge in [-0.3, -0.25) is 4.90 Å². The van der Waals surface area contributed by atoms with Gasteiger partial charge in [0.25, 0.3) is 0 Å². The Hall–Kier alpha value is -2.72. The Labute approximate surface area is 173 Å². The molecule has 0 unspecified atom stereocenters. The summed E-state index contributed by atoms with van der Waals surface area (Å²) < 4.78 is 0. The van der Waals surface area contributed by atoms with E-state index in [9.17, 15) is 0 Å². The van der Waals surface area contributed by atoms with E-state index in [4.69, 9.17) is 4.98 Å². The van der Waals surface area contributed by atoms with Crippen LogP contribution in [0.1, 0.15) is 35.1 Å². The van der Waals surface area contributed by atoms with Gasteiger partial charge in [-0.05, 0) is 56.0 Å². The van der Waals surface area contributed by atoms with Crippen LogP contribution in [0.2, 0.25) is 0 Å². The Morgan fingerprint density at radius 1 is 1.07 bits per heavy atom. The summed E-state index contributed by atoms with van der Waals surface area (Å²) in [5, 5.41) is 3.08. The highest BCUT2D eigenvalue weighted by Gasteiger charge is 2.41. The Bertz CT molecular complexity index is 1030. The molecule has 3 aromatic rings. The van der Waals surface area contributed by atoms with E-state index < -0.39 is 0 Å². The minimum Gasteiger partial charge on any atom is -0.357 e. The molecular weight excluding hydrogens is 356 g/mol. The molecule has 1 aliphatic heterocycles. The molecular formula is C25H28N4. The Morgan fingerprint density at radius 2 is 1.90 bits per heavy atom. The van der Waals surface area contributed by atoms with Gasteiger partial charge in [-0.1, -0.05) is 54.1 Å². The molecule has 1 aliphatic carbocycles. The fourth-order valence-electron chi connectivity index (χ4n) is 5.16. The average molecular weight is 385 g/mol.